The predicted octanol–water partition coefficient (Wildman–Crippen LogP) is 4.05. The van der Waals surface area contributed by atoms with E-state index in [1.165, 1.54) is 6.92 Å². The van der Waals surface area contributed by atoms with E-state index in [2.05, 4.69) is 21.2 Å². The Hall–Kier alpha value is -1.30. The number of benzene rings is 2. The second-order valence-electron chi connectivity index (χ2n) is 4.22. The molecule has 0 fully saturated rings. The van der Waals surface area contributed by atoms with Gasteiger partial charge in [0.1, 0.15) is 0 Å². The number of anilines is 1. The van der Waals surface area contributed by atoms with Crippen LogP contribution in [0.4, 0.5) is 5.69 Å². The lowest BCUT2D eigenvalue weighted by molar-refractivity contribution is -0.114. The van der Waals surface area contributed by atoms with Crippen LogP contribution in [-0.2, 0) is 11.4 Å². The van der Waals surface area contributed by atoms with Crippen molar-refractivity contribution in [1.82, 2.24) is 0 Å². The zero-order chi connectivity index (χ0) is 14.5. The largest absolute Gasteiger partial charge is 0.392 e. The van der Waals surface area contributed by atoms with E-state index >= 15 is 0 Å². The third-order valence-electron chi connectivity index (χ3n) is 2.60. The van der Waals surface area contributed by atoms with Gasteiger partial charge in [0.25, 0.3) is 0 Å². The fraction of sp³-hybridized carbons (Fsp3) is 0.133. The molecule has 0 aliphatic rings. The van der Waals surface area contributed by atoms with Crippen LogP contribution in [0.15, 0.2) is 56.7 Å². The molecule has 0 aliphatic carbocycles. The van der Waals surface area contributed by atoms with E-state index < -0.39 is 0 Å². The van der Waals surface area contributed by atoms with Crippen LogP contribution >= 0.6 is 27.7 Å². The van der Waals surface area contributed by atoms with Crippen molar-refractivity contribution >= 4 is 39.3 Å². The highest BCUT2D eigenvalue weighted by Crippen LogP contribution is 2.32. The van der Waals surface area contributed by atoms with E-state index in [-0.39, 0.29) is 12.5 Å². The third-order valence-corrected chi connectivity index (χ3v) is 4.21. The quantitative estimate of drug-likeness (QED) is 0.873. The van der Waals surface area contributed by atoms with E-state index in [0.717, 1.165) is 25.5 Å². The highest BCUT2D eigenvalue weighted by Gasteiger charge is 2.05. The molecule has 0 bridgehead atoms. The van der Waals surface area contributed by atoms with Gasteiger partial charge in [0.2, 0.25) is 5.91 Å². The summed E-state index contributed by atoms with van der Waals surface area (Å²) in [6.07, 6.45) is 0. The van der Waals surface area contributed by atoms with Gasteiger partial charge in [-0.05, 0) is 48.0 Å². The molecule has 0 saturated carbocycles. The Morgan fingerprint density at radius 3 is 2.55 bits per heavy atom. The number of halogens is 1. The topological polar surface area (TPSA) is 49.3 Å². The number of aliphatic hydroxyl groups excluding tert-OH is 1. The number of hydrogen-bond acceptors (Lipinski definition) is 3. The van der Waals surface area contributed by atoms with Crippen molar-refractivity contribution in [3.63, 3.8) is 0 Å². The molecule has 1 amide bonds. The minimum absolute atomic E-state index is 0.00570. The fourth-order valence-corrected chi connectivity index (χ4v) is 3.03. The number of rotatable bonds is 4. The molecular formula is C15H14BrNO2S. The average Bonchev–Trinajstić information content (AvgIpc) is 2.42. The maximum atomic E-state index is 11.0. The normalized spacial score (nSPS) is 10.3. The average molecular weight is 352 g/mol. The van der Waals surface area contributed by atoms with Crippen molar-refractivity contribution in [2.75, 3.05) is 5.32 Å². The van der Waals surface area contributed by atoms with Gasteiger partial charge in [-0.2, -0.15) is 0 Å². The van der Waals surface area contributed by atoms with Gasteiger partial charge in [-0.3, -0.25) is 4.79 Å². The summed E-state index contributed by atoms with van der Waals surface area (Å²) >= 11 is 4.98. The SMILES string of the molecule is CC(=O)Nc1ccc(Sc2ccc(Br)cc2CO)cc1. The standard InChI is InChI=1S/C15H14BrNO2S/c1-10(19)17-13-3-5-14(6-4-13)20-15-7-2-12(16)8-11(15)9-18/h2-8,18H,9H2,1H3,(H,17,19). The molecule has 0 atom stereocenters. The molecular weight excluding hydrogens is 338 g/mol. The summed E-state index contributed by atoms with van der Waals surface area (Å²) < 4.78 is 0.951. The van der Waals surface area contributed by atoms with Gasteiger partial charge < -0.3 is 10.4 Å². The van der Waals surface area contributed by atoms with E-state index in [0.29, 0.717) is 0 Å². The van der Waals surface area contributed by atoms with E-state index in [1.54, 1.807) is 11.8 Å². The summed E-state index contributed by atoms with van der Waals surface area (Å²) in [5.74, 6) is -0.0825. The van der Waals surface area contributed by atoms with Crippen molar-refractivity contribution in [3.8, 4) is 0 Å². The van der Waals surface area contributed by atoms with Crippen LogP contribution in [-0.4, -0.2) is 11.0 Å². The first-order valence-electron chi connectivity index (χ1n) is 6.03. The Balaban J connectivity index is 2.16. The van der Waals surface area contributed by atoms with Gasteiger partial charge in [0.15, 0.2) is 0 Å². The van der Waals surface area contributed by atoms with E-state index in [1.807, 2.05) is 42.5 Å². The first-order valence-corrected chi connectivity index (χ1v) is 7.64. The summed E-state index contributed by atoms with van der Waals surface area (Å²) in [6.45, 7) is 1.49. The zero-order valence-corrected chi connectivity index (χ0v) is 13.3. The van der Waals surface area contributed by atoms with Crippen molar-refractivity contribution < 1.29 is 9.90 Å². The Kier molecular flexibility index (Phi) is 5.23. The minimum Gasteiger partial charge on any atom is -0.392 e. The lowest BCUT2D eigenvalue weighted by Crippen LogP contribution is -2.05. The first kappa shape index (κ1) is 15.1. The highest BCUT2D eigenvalue weighted by molar-refractivity contribution is 9.10. The van der Waals surface area contributed by atoms with Crippen LogP contribution in [0.5, 0.6) is 0 Å². The second kappa shape index (κ2) is 6.92. The van der Waals surface area contributed by atoms with Crippen LogP contribution in [0.1, 0.15) is 12.5 Å². The number of carbonyl (C=O) groups is 1. The van der Waals surface area contributed by atoms with Crippen LogP contribution in [0.25, 0.3) is 0 Å². The molecule has 2 aromatic rings. The number of nitrogens with one attached hydrogen (secondary N) is 1. The van der Waals surface area contributed by atoms with Gasteiger partial charge in [0, 0.05) is 26.9 Å². The Morgan fingerprint density at radius 2 is 1.95 bits per heavy atom. The van der Waals surface area contributed by atoms with E-state index in [4.69, 9.17) is 0 Å². The minimum atomic E-state index is -0.0825. The molecule has 0 heterocycles. The van der Waals surface area contributed by atoms with Gasteiger partial charge >= 0.3 is 0 Å². The summed E-state index contributed by atoms with van der Waals surface area (Å²) in [6, 6.07) is 13.4. The Morgan fingerprint density at radius 1 is 1.25 bits per heavy atom. The van der Waals surface area contributed by atoms with Crippen molar-refractivity contribution in [2.24, 2.45) is 0 Å². The first-order chi connectivity index (χ1) is 9.58. The lowest BCUT2D eigenvalue weighted by atomic mass is 10.2. The summed E-state index contributed by atoms with van der Waals surface area (Å²) in [4.78, 5) is 13.0. The van der Waals surface area contributed by atoms with Crippen molar-refractivity contribution in [1.29, 1.82) is 0 Å². The molecule has 3 nitrogen and oxygen atoms in total. The third kappa shape index (κ3) is 4.10. The molecule has 0 spiro atoms. The number of amides is 1. The van der Waals surface area contributed by atoms with Crippen LogP contribution in [0, 0.1) is 0 Å². The predicted molar refractivity (Wildman–Crippen MR) is 84.9 cm³/mol. The molecule has 0 aromatic heterocycles. The fourth-order valence-electron chi connectivity index (χ4n) is 1.71. The van der Waals surface area contributed by atoms with E-state index in [9.17, 15) is 9.90 Å². The van der Waals surface area contributed by atoms with Gasteiger partial charge in [0.05, 0.1) is 6.61 Å². The molecule has 20 heavy (non-hydrogen) atoms. The number of aliphatic hydroxyl groups is 1. The molecule has 0 unspecified atom stereocenters. The van der Waals surface area contributed by atoms with Crippen LogP contribution in [0.2, 0.25) is 0 Å². The van der Waals surface area contributed by atoms with Crippen molar-refractivity contribution in [2.45, 2.75) is 23.3 Å². The number of carbonyl (C=O) groups excluding carboxylic acids is 1. The molecule has 2 aromatic carbocycles. The van der Waals surface area contributed by atoms with Crippen LogP contribution in [0.3, 0.4) is 0 Å². The molecule has 2 rings (SSSR count). The zero-order valence-electron chi connectivity index (χ0n) is 10.9. The summed E-state index contributed by atoms with van der Waals surface area (Å²) in [5.41, 5.74) is 1.66. The Bertz CT molecular complexity index is 614. The van der Waals surface area contributed by atoms with Crippen LogP contribution < -0.4 is 5.32 Å². The van der Waals surface area contributed by atoms with Gasteiger partial charge in [-0.1, -0.05) is 27.7 Å². The van der Waals surface area contributed by atoms with Gasteiger partial charge in [-0.25, -0.2) is 0 Å². The molecule has 2 N–H and O–H groups in total. The molecule has 0 saturated heterocycles. The maximum Gasteiger partial charge on any atom is 0.221 e. The van der Waals surface area contributed by atoms with Gasteiger partial charge in [-0.15, -0.1) is 0 Å². The monoisotopic (exact) mass is 351 g/mol. The summed E-state index contributed by atoms with van der Waals surface area (Å²) in [5, 5.41) is 12.1. The Labute approximate surface area is 130 Å². The molecule has 104 valence electrons. The maximum absolute atomic E-state index is 11.0. The number of hydrogen-bond donors (Lipinski definition) is 2. The van der Waals surface area contributed by atoms with Crippen molar-refractivity contribution in [3.05, 3.63) is 52.5 Å². The second-order valence-corrected chi connectivity index (χ2v) is 6.25. The smallest absolute Gasteiger partial charge is 0.221 e. The summed E-state index contributed by atoms with van der Waals surface area (Å²) in [7, 11) is 0. The highest BCUT2D eigenvalue weighted by atomic mass is 79.9. The molecule has 5 heteroatoms. The molecule has 0 aliphatic heterocycles. The lowest BCUT2D eigenvalue weighted by Gasteiger charge is -2.08. The molecule has 0 radical (unpaired) electrons.